The van der Waals surface area contributed by atoms with Crippen molar-refractivity contribution < 1.29 is 9.18 Å². The SMILES string of the molecule is CC(CN)CCC(=O)N[C@@H](C)c1ccc(F)cc1. The Morgan fingerprint density at radius 2 is 1.94 bits per heavy atom. The Hall–Kier alpha value is -1.42. The van der Waals surface area contributed by atoms with Crippen LogP contribution in [0.1, 0.15) is 38.3 Å². The van der Waals surface area contributed by atoms with Crippen LogP contribution in [0.2, 0.25) is 0 Å². The van der Waals surface area contributed by atoms with Crippen LogP contribution in [0.15, 0.2) is 24.3 Å². The first-order valence-electron chi connectivity index (χ1n) is 6.27. The van der Waals surface area contributed by atoms with Crippen LogP contribution in [0.25, 0.3) is 0 Å². The normalized spacial score (nSPS) is 14.0. The molecule has 100 valence electrons. The first-order valence-corrected chi connectivity index (χ1v) is 6.27. The second-order valence-electron chi connectivity index (χ2n) is 4.72. The van der Waals surface area contributed by atoms with Crippen molar-refractivity contribution in [1.29, 1.82) is 0 Å². The molecule has 0 fully saturated rings. The fourth-order valence-electron chi connectivity index (χ4n) is 1.64. The number of rotatable bonds is 6. The maximum absolute atomic E-state index is 12.8. The molecule has 0 bridgehead atoms. The van der Waals surface area contributed by atoms with Crippen LogP contribution in [0.5, 0.6) is 0 Å². The molecule has 0 aliphatic rings. The molecule has 4 heteroatoms. The third-order valence-corrected chi connectivity index (χ3v) is 3.01. The molecular weight excluding hydrogens is 231 g/mol. The molecule has 0 aliphatic heterocycles. The van der Waals surface area contributed by atoms with Gasteiger partial charge >= 0.3 is 0 Å². The van der Waals surface area contributed by atoms with E-state index in [-0.39, 0.29) is 17.8 Å². The molecular formula is C14H21FN2O. The molecule has 0 heterocycles. The lowest BCUT2D eigenvalue weighted by Gasteiger charge is -2.15. The Balaban J connectivity index is 2.42. The van der Waals surface area contributed by atoms with Crippen molar-refractivity contribution in [2.75, 3.05) is 6.54 Å². The van der Waals surface area contributed by atoms with E-state index >= 15 is 0 Å². The Labute approximate surface area is 108 Å². The third-order valence-electron chi connectivity index (χ3n) is 3.01. The van der Waals surface area contributed by atoms with Crippen molar-refractivity contribution in [3.8, 4) is 0 Å². The number of nitrogens with two attached hydrogens (primary N) is 1. The maximum Gasteiger partial charge on any atom is 0.220 e. The van der Waals surface area contributed by atoms with Crippen molar-refractivity contribution in [3.63, 3.8) is 0 Å². The highest BCUT2D eigenvalue weighted by atomic mass is 19.1. The smallest absolute Gasteiger partial charge is 0.220 e. The summed E-state index contributed by atoms with van der Waals surface area (Å²) in [5.41, 5.74) is 6.40. The predicted molar refractivity (Wildman–Crippen MR) is 70.4 cm³/mol. The number of hydrogen-bond donors (Lipinski definition) is 2. The van der Waals surface area contributed by atoms with E-state index < -0.39 is 0 Å². The summed E-state index contributed by atoms with van der Waals surface area (Å²) < 4.78 is 12.8. The Kier molecular flexibility index (Phi) is 5.78. The van der Waals surface area contributed by atoms with Gasteiger partial charge in [0.2, 0.25) is 5.91 Å². The summed E-state index contributed by atoms with van der Waals surface area (Å²) in [4.78, 5) is 11.7. The first kappa shape index (κ1) is 14.6. The zero-order valence-electron chi connectivity index (χ0n) is 10.9. The number of carbonyl (C=O) groups is 1. The van der Waals surface area contributed by atoms with Crippen molar-refractivity contribution in [1.82, 2.24) is 5.32 Å². The quantitative estimate of drug-likeness (QED) is 0.816. The number of benzene rings is 1. The molecule has 0 aliphatic carbocycles. The molecule has 1 unspecified atom stereocenters. The minimum atomic E-state index is -0.269. The largest absolute Gasteiger partial charge is 0.350 e. The standard InChI is InChI=1S/C14H21FN2O/c1-10(9-16)3-8-14(18)17-11(2)12-4-6-13(15)7-5-12/h4-7,10-11H,3,8-9,16H2,1-2H3,(H,17,18)/t10?,11-/m0/s1. The van der Waals surface area contributed by atoms with Gasteiger partial charge in [0.1, 0.15) is 5.82 Å². The number of nitrogens with one attached hydrogen (secondary N) is 1. The van der Waals surface area contributed by atoms with Gasteiger partial charge in [-0.25, -0.2) is 4.39 Å². The summed E-state index contributed by atoms with van der Waals surface area (Å²) in [5, 5.41) is 2.89. The number of amides is 1. The fourth-order valence-corrected chi connectivity index (χ4v) is 1.64. The molecule has 0 aromatic heterocycles. The summed E-state index contributed by atoms with van der Waals surface area (Å²) in [5.74, 6) is 0.0954. The van der Waals surface area contributed by atoms with Gasteiger partial charge in [0, 0.05) is 6.42 Å². The van der Waals surface area contributed by atoms with Crippen LogP contribution in [0.3, 0.4) is 0 Å². The molecule has 3 nitrogen and oxygen atoms in total. The minimum Gasteiger partial charge on any atom is -0.350 e. The number of carbonyl (C=O) groups excluding carboxylic acids is 1. The van der Waals surface area contributed by atoms with Gasteiger partial charge < -0.3 is 11.1 Å². The predicted octanol–water partition coefficient (Wildman–Crippen LogP) is 2.38. The van der Waals surface area contributed by atoms with Crippen molar-refractivity contribution in [3.05, 3.63) is 35.6 Å². The zero-order valence-corrected chi connectivity index (χ0v) is 10.9. The van der Waals surface area contributed by atoms with Crippen LogP contribution in [0.4, 0.5) is 4.39 Å². The lowest BCUT2D eigenvalue weighted by Crippen LogP contribution is -2.27. The lowest BCUT2D eigenvalue weighted by atomic mass is 10.0. The molecule has 0 saturated carbocycles. The van der Waals surface area contributed by atoms with Crippen LogP contribution < -0.4 is 11.1 Å². The number of halogens is 1. The highest BCUT2D eigenvalue weighted by molar-refractivity contribution is 5.76. The van der Waals surface area contributed by atoms with E-state index in [0.717, 1.165) is 12.0 Å². The minimum absolute atomic E-state index is 0.00660. The summed E-state index contributed by atoms with van der Waals surface area (Å²) in [6.45, 7) is 4.51. The van der Waals surface area contributed by atoms with Gasteiger partial charge in [-0.3, -0.25) is 4.79 Å². The molecule has 0 saturated heterocycles. The average Bonchev–Trinajstić information content (AvgIpc) is 2.36. The van der Waals surface area contributed by atoms with Crippen LogP contribution >= 0.6 is 0 Å². The monoisotopic (exact) mass is 252 g/mol. The van der Waals surface area contributed by atoms with Crippen LogP contribution in [-0.2, 0) is 4.79 Å². The summed E-state index contributed by atoms with van der Waals surface area (Å²) in [7, 11) is 0. The van der Waals surface area contributed by atoms with Gasteiger partial charge in [0.25, 0.3) is 0 Å². The van der Waals surface area contributed by atoms with Crippen molar-refractivity contribution in [2.24, 2.45) is 11.7 Å². The summed E-state index contributed by atoms with van der Waals surface area (Å²) in [6, 6.07) is 6.06. The van der Waals surface area contributed by atoms with E-state index in [4.69, 9.17) is 5.73 Å². The Morgan fingerprint density at radius 1 is 1.33 bits per heavy atom. The van der Waals surface area contributed by atoms with Crippen LogP contribution in [0, 0.1) is 11.7 Å². The molecule has 1 rings (SSSR count). The molecule has 1 aromatic carbocycles. The third kappa shape index (κ3) is 4.84. The van der Waals surface area contributed by atoms with Gasteiger partial charge in [-0.05, 0) is 43.5 Å². The summed E-state index contributed by atoms with van der Waals surface area (Å²) >= 11 is 0. The highest BCUT2D eigenvalue weighted by Crippen LogP contribution is 2.13. The second-order valence-corrected chi connectivity index (χ2v) is 4.72. The zero-order chi connectivity index (χ0) is 13.5. The Bertz CT molecular complexity index is 378. The van der Waals surface area contributed by atoms with Gasteiger partial charge in [0.05, 0.1) is 6.04 Å². The van der Waals surface area contributed by atoms with Crippen molar-refractivity contribution in [2.45, 2.75) is 32.7 Å². The lowest BCUT2D eigenvalue weighted by molar-refractivity contribution is -0.122. The van der Waals surface area contributed by atoms with Crippen molar-refractivity contribution >= 4 is 5.91 Å². The molecule has 2 atom stereocenters. The van der Waals surface area contributed by atoms with E-state index in [1.807, 2.05) is 13.8 Å². The molecule has 18 heavy (non-hydrogen) atoms. The van der Waals surface area contributed by atoms with E-state index in [1.165, 1.54) is 12.1 Å². The van der Waals surface area contributed by atoms with E-state index in [9.17, 15) is 9.18 Å². The average molecular weight is 252 g/mol. The number of hydrogen-bond acceptors (Lipinski definition) is 2. The van der Waals surface area contributed by atoms with Crippen LogP contribution in [-0.4, -0.2) is 12.5 Å². The van der Waals surface area contributed by atoms with Gasteiger partial charge in [0.15, 0.2) is 0 Å². The molecule has 0 radical (unpaired) electrons. The van der Waals surface area contributed by atoms with E-state index in [2.05, 4.69) is 5.32 Å². The van der Waals surface area contributed by atoms with Gasteiger partial charge in [-0.15, -0.1) is 0 Å². The Morgan fingerprint density at radius 3 is 2.50 bits per heavy atom. The van der Waals surface area contributed by atoms with Gasteiger partial charge in [-0.2, -0.15) is 0 Å². The second kappa shape index (κ2) is 7.11. The first-order chi connectivity index (χ1) is 8.52. The van der Waals surface area contributed by atoms with E-state index in [1.54, 1.807) is 12.1 Å². The maximum atomic E-state index is 12.8. The summed E-state index contributed by atoms with van der Waals surface area (Å²) in [6.07, 6.45) is 1.27. The fraction of sp³-hybridized carbons (Fsp3) is 0.500. The molecule has 0 spiro atoms. The molecule has 1 aromatic rings. The van der Waals surface area contributed by atoms with E-state index in [0.29, 0.717) is 18.9 Å². The molecule has 1 amide bonds. The topological polar surface area (TPSA) is 55.1 Å². The molecule has 3 N–H and O–H groups in total. The highest BCUT2D eigenvalue weighted by Gasteiger charge is 2.10. The van der Waals surface area contributed by atoms with Gasteiger partial charge in [-0.1, -0.05) is 19.1 Å².